The van der Waals surface area contributed by atoms with Gasteiger partial charge >= 0.3 is 0 Å². The van der Waals surface area contributed by atoms with Crippen molar-refractivity contribution in [3.05, 3.63) is 70.9 Å². The highest BCUT2D eigenvalue weighted by molar-refractivity contribution is 7.08. The maximum absolute atomic E-state index is 13.1. The SMILES string of the molecule is C[C@H](CCc1ccccc1)NC(=O)c1snnc1-c1ccc(F)cc1. The number of aryl methyl sites for hydroxylation is 1. The molecule has 1 atom stereocenters. The van der Waals surface area contributed by atoms with Gasteiger partial charge in [-0.3, -0.25) is 4.79 Å². The van der Waals surface area contributed by atoms with Gasteiger partial charge in [-0.2, -0.15) is 0 Å². The molecule has 25 heavy (non-hydrogen) atoms. The quantitative estimate of drug-likeness (QED) is 0.724. The van der Waals surface area contributed by atoms with Crippen molar-refractivity contribution in [1.29, 1.82) is 0 Å². The molecule has 1 amide bonds. The topological polar surface area (TPSA) is 54.9 Å². The predicted molar refractivity (Wildman–Crippen MR) is 97.0 cm³/mol. The van der Waals surface area contributed by atoms with E-state index in [4.69, 9.17) is 0 Å². The number of rotatable bonds is 6. The molecule has 3 aromatic rings. The molecule has 0 fully saturated rings. The van der Waals surface area contributed by atoms with Gasteiger partial charge in [-0.25, -0.2) is 4.39 Å². The van der Waals surface area contributed by atoms with Crippen LogP contribution in [0.5, 0.6) is 0 Å². The van der Waals surface area contributed by atoms with Crippen molar-refractivity contribution < 1.29 is 9.18 Å². The lowest BCUT2D eigenvalue weighted by molar-refractivity contribution is 0.0943. The van der Waals surface area contributed by atoms with Gasteiger partial charge in [0.05, 0.1) is 0 Å². The highest BCUT2D eigenvalue weighted by Gasteiger charge is 2.19. The Kier molecular flexibility index (Phi) is 5.50. The zero-order valence-electron chi connectivity index (χ0n) is 13.8. The number of nitrogens with zero attached hydrogens (tertiary/aromatic N) is 2. The Labute approximate surface area is 149 Å². The van der Waals surface area contributed by atoms with Crippen LogP contribution in [0.2, 0.25) is 0 Å². The second kappa shape index (κ2) is 7.98. The smallest absolute Gasteiger partial charge is 0.265 e. The first kappa shape index (κ1) is 17.2. The summed E-state index contributed by atoms with van der Waals surface area (Å²) in [6.07, 6.45) is 1.74. The third kappa shape index (κ3) is 4.48. The molecule has 0 aliphatic heterocycles. The maximum Gasteiger partial charge on any atom is 0.265 e. The lowest BCUT2D eigenvalue weighted by Crippen LogP contribution is -2.32. The molecule has 0 unspecified atom stereocenters. The zero-order chi connectivity index (χ0) is 17.6. The van der Waals surface area contributed by atoms with Gasteiger partial charge in [0, 0.05) is 11.6 Å². The molecule has 0 spiro atoms. The number of nitrogens with one attached hydrogen (secondary N) is 1. The van der Waals surface area contributed by atoms with Crippen LogP contribution in [0.3, 0.4) is 0 Å². The molecule has 0 aliphatic carbocycles. The number of aromatic nitrogens is 2. The normalized spacial score (nSPS) is 11.9. The standard InChI is InChI=1S/C19H18FN3OS/c1-13(7-8-14-5-3-2-4-6-14)21-19(24)18-17(22-23-25-18)15-9-11-16(20)12-10-15/h2-6,9-13H,7-8H2,1H3,(H,21,24)/t13-/m1/s1. The van der Waals surface area contributed by atoms with Gasteiger partial charge in [-0.1, -0.05) is 34.8 Å². The summed E-state index contributed by atoms with van der Waals surface area (Å²) < 4.78 is 17.0. The van der Waals surface area contributed by atoms with Crippen LogP contribution in [-0.4, -0.2) is 21.5 Å². The van der Waals surface area contributed by atoms with Gasteiger partial charge in [0.25, 0.3) is 5.91 Å². The molecule has 0 saturated heterocycles. The van der Waals surface area contributed by atoms with Crippen LogP contribution in [0.1, 0.15) is 28.6 Å². The average Bonchev–Trinajstić information content (AvgIpc) is 3.11. The fourth-order valence-electron chi connectivity index (χ4n) is 2.53. The van der Waals surface area contributed by atoms with E-state index in [2.05, 4.69) is 27.0 Å². The zero-order valence-corrected chi connectivity index (χ0v) is 14.6. The molecule has 4 nitrogen and oxygen atoms in total. The number of amides is 1. The minimum atomic E-state index is -0.326. The molecule has 1 aromatic heterocycles. The van der Waals surface area contributed by atoms with E-state index in [1.165, 1.54) is 17.7 Å². The lowest BCUT2D eigenvalue weighted by atomic mass is 10.1. The molecule has 0 aliphatic rings. The number of hydrogen-bond acceptors (Lipinski definition) is 4. The van der Waals surface area contributed by atoms with Gasteiger partial charge in [-0.15, -0.1) is 5.10 Å². The largest absolute Gasteiger partial charge is 0.349 e. The van der Waals surface area contributed by atoms with Crippen molar-refractivity contribution >= 4 is 17.4 Å². The summed E-state index contributed by atoms with van der Waals surface area (Å²) in [5.41, 5.74) is 2.41. The van der Waals surface area contributed by atoms with E-state index in [9.17, 15) is 9.18 Å². The van der Waals surface area contributed by atoms with Crippen molar-refractivity contribution in [2.24, 2.45) is 0 Å². The first-order valence-corrected chi connectivity index (χ1v) is 8.84. The Bertz CT molecular complexity index is 833. The Morgan fingerprint density at radius 3 is 2.60 bits per heavy atom. The van der Waals surface area contributed by atoms with Crippen LogP contribution in [0.15, 0.2) is 54.6 Å². The Morgan fingerprint density at radius 2 is 1.88 bits per heavy atom. The summed E-state index contributed by atoms with van der Waals surface area (Å²) >= 11 is 1.05. The monoisotopic (exact) mass is 355 g/mol. The van der Waals surface area contributed by atoms with Gasteiger partial charge in [-0.05, 0) is 61.1 Å². The van der Waals surface area contributed by atoms with E-state index in [0.717, 1.165) is 24.4 Å². The second-order valence-corrected chi connectivity index (χ2v) is 6.61. The van der Waals surface area contributed by atoms with Crippen molar-refractivity contribution in [2.45, 2.75) is 25.8 Å². The third-order valence-corrected chi connectivity index (χ3v) is 4.62. The molecular weight excluding hydrogens is 337 g/mol. The molecule has 1 heterocycles. The summed E-state index contributed by atoms with van der Waals surface area (Å²) in [4.78, 5) is 13.0. The van der Waals surface area contributed by atoms with E-state index >= 15 is 0 Å². The van der Waals surface area contributed by atoms with Gasteiger partial charge in [0.1, 0.15) is 16.4 Å². The van der Waals surface area contributed by atoms with Crippen LogP contribution >= 0.6 is 11.5 Å². The van der Waals surface area contributed by atoms with Crippen molar-refractivity contribution in [3.8, 4) is 11.3 Å². The number of benzene rings is 2. The molecule has 3 rings (SSSR count). The first-order chi connectivity index (χ1) is 12.1. The van der Waals surface area contributed by atoms with Crippen molar-refractivity contribution in [1.82, 2.24) is 14.9 Å². The van der Waals surface area contributed by atoms with Crippen LogP contribution < -0.4 is 5.32 Å². The molecule has 128 valence electrons. The van der Waals surface area contributed by atoms with E-state index in [1.807, 2.05) is 25.1 Å². The lowest BCUT2D eigenvalue weighted by Gasteiger charge is -2.13. The van der Waals surface area contributed by atoms with Crippen LogP contribution in [0, 0.1) is 5.82 Å². The Morgan fingerprint density at radius 1 is 1.16 bits per heavy atom. The number of carbonyl (C=O) groups is 1. The van der Waals surface area contributed by atoms with Gasteiger partial charge in [0.15, 0.2) is 0 Å². The third-order valence-electron chi connectivity index (χ3n) is 3.90. The van der Waals surface area contributed by atoms with E-state index in [0.29, 0.717) is 16.1 Å². The van der Waals surface area contributed by atoms with Crippen LogP contribution in [0.25, 0.3) is 11.3 Å². The summed E-state index contributed by atoms with van der Waals surface area (Å²) in [6.45, 7) is 1.98. The number of halogens is 1. The van der Waals surface area contributed by atoms with Gasteiger partial charge in [0.2, 0.25) is 0 Å². The minimum absolute atomic E-state index is 0.0240. The van der Waals surface area contributed by atoms with Crippen LogP contribution in [-0.2, 0) is 6.42 Å². The molecule has 6 heteroatoms. The van der Waals surface area contributed by atoms with Crippen LogP contribution in [0.4, 0.5) is 4.39 Å². The van der Waals surface area contributed by atoms with Crippen molar-refractivity contribution in [2.75, 3.05) is 0 Å². The van der Waals surface area contributed by atoms with Crippen molar-refractivity contribution in [3.63, 3.8) is 0 Å². The van der Waals surface area contributed by atoms with E-state index in [1.54, 1.807) is 12.1 Å². The molecule has 0 saturated carbocycles. The number of carbonyl (C=O) groups excluding carboxylic acids is 1. The fourth-order valence-corrected chi connectivity index (χ4v) is 3.12. The Hall–Kier alpha value is -2.60. The highest BCUT2D eigenvalue weighted by Crippen LogP contribution is 2.24. The molecule has 1 N–H and O–H groups in total. The van der Waals surface area contributed by atoms with Gasteiger partial charge < -0.3 is 5.32 Å². The Balaban J connectivity index is 1.63. The maximum atomic E-state index is 13.1. The summed E-state index contributed by atoms with van der Waals surface area (Å²) in [5.74, 6) is -0.526. The highest BCUT2D eigenvalue weighted by atomic mass is 32.1. The average molecular weight is 355 g/mol. The second-order valence-electron chi connectivity index (χ2n) is 5.86. The molecule has 0 radical (unpaired) electrons. The number of hydrogen-bond donors (Lipinski definition) is 1. The van der Waals surface area contributed by atoms with E-state index in [-0.39, 0.29) is 17.8 Å². The van der Waals surface area contributed by atoms with E-state index < -0.39 is 0 Å². The fraction of sp³-hybridized carbons (Fsp3) is 0.211. The summed E-state index contributed by atoms with van der Waals surface area (Å²) in [5, 5.41) is 7.01. The minimum Gasteiger partial charge on any atom is -0.349 e. The summed E-state index contributed by atoms with van der Waals surface area (Å²) in [6, 6.07) is 16.1. The first-order valence-electron chi connectivity index (χ1n) is 8.06. The predicted octanol–water partition coefficient (Wildman–Crippen LogP) is 4.10. The molecule has 2 aromatic carbocycles. The summed E-state index contributed by atoms with van der Waals surface area (Å²) in [7, 11) is 0. The molecule has 0 bridgehead atoms. The molecular formula is C19H18FN3OS.